The Labute approximate surface area is 202 Å². The average molecular weight is 483 g/mol. The summed E-state index contributed by atoms with van der Waals surface area (Å²) < 4.78 is 6.57. The molecule has 2 aliphatic rings. The zero-order valence-electron chi connectivity index (χ0n) is 19.7. The molecule has 0 unspecified atom stereocenters. The van der Waals surface area contributed by atoms with Crippen LogP contribution >= 0.6 is 11.3 Å². The molecule has 0 spiro atoms. The van der Waals surface area contributed by atoms with Crippen LogP contribution in [0.1, 0.15) is 24.6 Å². The highest BCUT2D eigenvalue weighted by molar-refractivity contribution is 7.17. The molecule has 3 aromatic heterocycles. The molecule has 0 saturated carbocycles. The van der Waals surface area contributed by atoms with Crippen molar-refractivity contribution in [1.82, 2.24) is 29.7 Å². The van der Waals surface area contributed by atoms with Crippen LogP contribution < -0.4 is 10.6 Å². The van der Waals surface area contributed by atoms with Crippen molar-refractivity contribution in [3.05, 3.63) is 22.8 Å². The van der Waals surface area contributed by atoms with Crippen molar-refractivity contribution in [3.8, 4) is 11.3 Å². The van der Waals surface area contributed by atoms with Crippen LogP contribution in [0.25, 0.3) is 21.5 Å². The summed E-state index contributed by atoms with van der Waals surface area (Å²) in [6.07, 6.45) is 2.32. The molecule has 5 rings (SSSR count). The van der Waals surface area contributed by atoms with Crippen LogP contribution in [-0.4, -0.2) is 88.1 Å². The lowest BCUT2D eigenvalue weighted by molar-refractivity contribution is -0.132. The van der Waals surface area contributed by atoms with Crippen molar-refractivity contribution in [2.75, 3.05) is 63.1 Å². The molecule has 2 fully saturated rings. The summed E-state index contributed by atoms with van der Waals surface area (Å²) in [4.78, 5) is 37.2. The fourth-order valence-electron chi connectivity index (χ4n) is 4.49. The first-order valence-electron chi connectivity index (χ1n) is 11.7. The number of anilines is 2. The second kappa shape index (κ2) is 9.77. The van der Waals surface area contributed by atoms with Gasteiger partial charge in [0.15, 0.2) is 0 Å². The Balaban J connectivity index is 1.49. The number of piperazine rings is 1. The van der Waals surface area contributed by atoms with Gasteiger partial charge >= 0.3 is 0 Å². The van der Waals surface area contributed by atoms with Crippen LogP contribution in [0.3, 0.4) is 0 Å². The molecule has 180 valence electrons. The van der Waals surface area contributed by atoms with E-state index in [4.69, 9.17) is 20.4 Å². The number of hydrogen-bond donors (Lipinski definition) is 1. The molecule has 2 saturated heterocycles. The molecule has 0 radical (unpaired) electrons. The normalized spacial score (nSPS) is 17.5. The Bertz CT molecular complexity index is 1190. The van der Waals surface area contributed by atoms with Gasteiger partial charge in [-0.05, 0) is 12.3 Å². The Morgan fingerprint density at radius 3 is 2.59 bits per heavy atom. The lowest BCUT2D eigenvalue weighted by atomic mass is 10.1. The smallest absolute Gasteiger partial charge is 0.226 e. The van der Waals surface area contributed by atoms with Crippen LogP contribution in [0.4, 0.5) is 11.9 Å². The number of rotatable bonds is 5. The maximum Gasteiger partial charge on any atom is 0.226 e. The lowest BCUT2D eigenvalue weighted by Crippen LogP contribution is -2.48. The van der Waals surface area contributed by atoms with Crippen LogP contribution in [0.2, 0.25) is 0 Å². The number of carbonyl (C=O) groups excluding carboxylic acids is 1. The van der Waals surface area contributed by atoms with Crippen LogP contribution in [0, 0.1) is 6.92 Å². The van der Waals surface area contributed by atoms with E-state index < -0.39 is 0 Å². The highest BCUT2D eigenvalue weighted by atomic mass is 32.1. The Morgan fingerprint density at radius 1 is 1.12 bits per heavy atom. The zero-order chi connectivity index (χ0) is 23.7. The number of hydrogen-bond acceptors (Lipinski definition) is 10. The van der Waals surface area contributed by atoms with E-state index in [2.05, 4.69) is 25.1 Å². The van der Waals surface area contributed by atoms with Gasteiger partial charge in [0.25, 0.3) is 0 Å². The summed E-state index contributed by atoms with van der Waals surface area (Å²) in [5, 5.41) is 2.18. The first kappa shape index (κ1) is 22.9. The summed E-state index contributed by atoms with van der Waals surface area (Å²) in [5.74, 6) is 1.20. The number of amides is 1. The summed E-state index contributed by atoms with van der Waals surface area (Å²) in [5.41, 5.74) is 10.5. The predicted octanol–water partition coefficient (Wildman–Crippen LogP) is 1.93. The molecule has 3 aromatic rings. The maximum absolute atomic E-state index is 12.0. The molecule has 5 heterocycles. The number of aryl methyl sites for hydroxylation is 1. The molecule has 2 aliphatic heterocycles. The van der Waals surface area contributed by atoms with Crippen molar-refractivity contribution in [1.29, 1.82) is 0 Å². The highest BCUT2D eigenvalue weighted by Crippen LogP contribution is 2.36. The number of nitrogen functional groups attached to an aromatic ring is 1. The molecule has 10 nitrogen and oxygen atoms in total. The molecular weight excluding hydrogens is 452 g/mol. The number of nitrogens with zero attached hydrogens (tertiary/aromatic N) is 7. The summed E-state index contributed by atoms with van der Waals surface area (Å²) in [6, 6.07) is 0. The average Bonchev–Trinajstić information content (AvgIpc) is 3.27. The molecule has 11 heteroatoms. The molecule has 2 N–H and O–H groups in total. The third-order valence-electron chi connectivity index (χ3n) is 6.45. The third kappa shape index (κ3) is 4.55. The third-order valence-corrected chi connectivity index (χ3v) is 7.47. The minimum atomic E-state index is 0.231. The van der Waals surface area contributed by atoms with Crippen LogP contribution in [-0.2, 0) is 16.1 Å². The topological polar surface area (TPSA) is 114 Å². The number of aromatic nitrogens is 4. The van der Waals surface area contributed by atoms with Gasteiger partial charge in [0.2, 0.25) is 17.8 Å². The van der Waals surface area contributed by atoms with Crippen LogP contribution in [0.5, 0.6) is 0 Å². The number of nitrogens with two attached hydrogens (primary N) is 1. The lowest BCUT2D eigenvalue weighted by Gasteiger charge is -2.34. The Kier molecular flexibility index (Phi) is 6.57. The summed E-state index contributed by atoms with van der Waals surface area (Å²) >= 11 is 1.66. The number of thiophene rings is 1. The Morgan fingerprint density at radius 2 is 1.88 bits per heavy atom. The number of fused-ring (bicyclic) bond motifs is 1. The van der Waals surface area contributed by atoms with Gasteiger partial charge in [0.05, 0.1) is 34.8 Å². The molecule has 34 heavy (non-hydrogen) atoms. The monoisotopic (exact) mass is 482 g/mol. The SMILES string of the molecule is CCC(=O)N1CCN(Cc2csc3c(-c4cnc(N)nc4C)nc(N4CCOCC4)nc23)CC1. The van der Waals surface area contributed by atoms with Crippen molar-refractivity contribution < 1.29 is 9.53 Å². The largest absolute Gasteiger partial charge is 0.378 e. The highest BCUT2D eigenvalue weighted by Gasteiger charge is 2.24. The fraction of sp³-hybridized carbons (Fsp3) is 0.522. The van der Waals surface area contributed by atoms with Gasteiger partial charge in [-0.3, -0.25) is 9.69 Å². The predicted molar refractivity (Wildman–Crippen MR) is 133 cm³/mol. The molecule has 0 atom stereocenters. The van der Waals surface area contributed by atoms with E-state index in [1.54, 1.807) is 17.5 Å². The van der Waals surface area contributed by atoms with Gasteiger partial charge in [-0.2, -0.15) is 0 Å². The van der Waals surface area contributed by atoms with E-state index in [1.807, 2.05) is 18.7 Å². The maximum atomic E-state index is 12.0. The zero-order valence-corrected chi connectivity index (χ0v) is 20.5. The second-order valence-electron chi connectivity index (χ2n) is 8.65. The van der Waals surface area contributed by atoms with E-state index in [-0.39, 0.29) is 11.9 Å². The van der Waals surface area contributed by atoms with Gasteiger partial charge < -0.3 is 20.3 Å². The quantitative estimate of drug-likeness (QED) is 0.583. The van der Waals surface area contributed by atoms with Gasteiger partial charge in [-0.15, -0.1) is 11.3 Å². The van der Waals surface area contributed by atoms with E-state index in [9.17, 15) is 4.79 Å². The van der Waals surface area contributed by atoms with E-state index in [1.165, 1.54) is 5.56 Å². The van der Waals surface area contributed by atoms with Gasteiger partial charge in [-0.1, -0.05) is 6.92 Å². The van der Waals surface area contributed by atoms with Gasteiger partial charge in [-0.25, -0.2) is 19.9 Å². The van der Waals surface area contributed by atoms with Crippen LogP contribution in [0.15, 0.2) is 11.6 Å². The molecule has 0 bridgehead atoms. The number of ether oxygens (including phenoxy) is 1. The standard InChI is InChI=1S/C23H30N8O2S/c1-3-18(32)30-6-4-29(5-7-30)13-16-14-34-21-19(16)27-23(31-8-10-33-11-9-31)28-20(21)17-12-25-22(24)26-15(17)2/h12,14H,3-11,13H2,1-2H3,(H2,24,25,26). The summed E-state index contributed by atoms with van der Waals surface area (Å²) in [6.45, 7) is 10.8. The molecule has 0 aliphatic carbocycles. The van der Waals surface area contributed by atoms with E-state index >= 15 is 0 Å². The van der Waals surface area contributed by atoms with E-state index in [0.717, 1.165) is 73.0 Å². The summed E-state index contributed by atoms with van der Waals surface area (Å²) in [7, 11) is 0. The van der Waals surface area contributed by atoms with Crippen molar-refractivity contribution in [2.45, 2.75) is 26.8 Å². The first-order chi connectivity index (χ1) is 16.5. The molecule has 0 aromatic carbocycles. The minimum Gasteiger partial charge on any atom is -0.378 e. The molecular formula is C23H30N8O2S. The molecule has 1 amide bonds. The van der Waals surface area contributed by atoms with Gasteiger partial charge in [0, 0.05) is 69.6 Å². The number of carbonyl (C=O) groups is 1. The number of morpholine rings is 1. The van der Waals surface area contributed by atoms with Crippen molar-refractivity contribution >= 4 is 39.4 Å². The van der Waals surface area contributed by atoms with Crippen molar-refractivity contribution in [3.63, 3.8) is 0 Å². The Hall–Kier alpha value is -2.89. The van der Waals surface area contributed by atoms with Gasteiger partial charge in [0.1, 0.15) is 0 Å². The van der Waals surface area contributed by atoms with Crippen molar-refractivity contribution in [2.24, 2.45) is 0 Å². The second-order valence-corrected chi connectivity index (χ2v) is 9.53. The van der Waals surface area contributed by atoms with E-state index in [0.29, 0.717) is 25.6 Å². The fourth-order valence-corrected chi connectivity index (χ4v) is 5.49. The first-order valence-corrected chi connectivity index (χ1v) is 12.6. The minimum absolute atomic E-state index is 0.231.